The summed E-state index contributed by atoms with van der Waals surface area (Å²) in [5, 5.41) is 2.21. The number of aryl methyl sites for hydroxylation is 1. The van der Waals surface area contributed by atoms with Crippen molar-refractivity contribution in [3.63, 3.8) is 0 Å². The molecule has 1 aliphatic heterocycles. The van der Waals surface area contributed by atoms with Crippen molar-refractivity contribution in [1.82, 2.24) is 5.32 Å². The highest BCUT2D eigenvalue weighted by Crippen LogP contribution is 2.33. The summed E-state index contributed by atoms with van der Waals surface area (Å²) in [4.78, 5) is 50.1. The number of carbonyl (C=O) groups excluding carboxylic acids is 4. The fraction of sp³-hybridized carbons (Fsp3) is 0.182. The van der Waals surface area contributed by atoms with Gasteiger partial charge in [0, 0.05) is 0 Å². The number of ether oxygens (including phenoxy) is 2. The second kappa shape index (κ2) is 10.3. The number of hydrogen-bond acceptors (Lipinski definition) is 6. The molecule has 32 heavy (non-hydrogen) atoms. The lowest BCUT2D eigenvalue weighted by Crippen LogP contribution is -2.54. The third kappa shape index (κ3) is 5.18. The van der Waals surface area contributed by atoms with Crippen molar-refractivity contribution in [2.75, 3.05) is 18.6 Å². The maximum atomic E-state index is 13.0. The number of urea groups is 1. The number of hydrogen-bond donors (Lipinski definition) is 1. The molecule has 166 valence electrons. The summed E-state index contributed by atoms with van der Waals surface area (Å²) in [6.45, 7) is 1.73. The highest BCUT2D eigenvalue weighted by Gasteiger charge is 2.36. The maximum absolute atomic E-state index is 13.0. The summed E-state index contributed by atoms with van der Waals surface area (Å²) in [5.41, 5.74) is 1.76. The molecule has 2 aromatic carbocycles. The Hall–Kier alpha value is -2.73. The van der Waals surface area contributed by atoms with E-state index in [2.05, 4.69) is 26.0 Å². The fourth-order valence-electron chi connectivity index (χ4n) is 2.93. The number of rotatable bonds is 6. The van der Waals surface area contributed by atoms with Crippen LogP contribution in [0, 0.1) is 3.57 Å². The summed E-state index contributed by atoms with van der Waals surface area (Å²) < 4.78 is 11.2. The normalized spacial score (nSPS) is 15.1. The van der Waals surface area contributed by atoms with Gasteiger partial charge in [-0.25, -0.2) is 14.5 Å². The van der Waals surface area contributed by atoms with E-state index in [0.717, 1.165) is 16.9 Å². The Morgan fingerprint density at radius 2 is 1.88 bits per heavy atom. The molecule has 0 bridgehead atoms. The molecule has 1 N–H and O–H groups in total. The van der Waals surface area contributed by atoms with Gasteiger partial charge in [-0.15, -0.1) is 0 Å². The molecule has 1 aliphatic rings. The average molecular weight is 613 g/mol. The highest BCUT2D eigenvalue weighted by atomic mass is 127. The first-order chi connectivity index (χ1) is 15.2. The van der Waals surface area contributed by atoms with Gasteiger partial charge in [0.25, 0.3) is 11.8 Å². The van der Waals surface area contributed by atoms with Gasteiger partial charge in [0.2, 0.25) is 0 Å². The standard InChI is InChI=1S/C22H18BrIN2O6/c1-3-12-4-6-14(7-5-12)26-21(29)15(20(28)25-22(26)30)8-13-9-16(23)19(17(24)10-13)32-11-18(27)31-2/h4-10H,3,11H2,1-2H3,(H,25,28,30)/b15-8-. The minimum atomic E-state index is -0.802. The third-order valence-electron chi connectivity index (χ3n) is 4.60. The van der Waals surface area contributed by atoms with Crippen LogP contribution in [0.3, 0.4) is 0 Å². The zero-order valence-corrected chi connectivity index (χ0v) is 20.9. The van der Waals surface area contributed by atoms with Crippen LogP contribution in [0.25, 0.3) is 6.08 Å². The fourth-order valence-corrected chi connectivity index (χ4v) is 4.70. The molecule has 0 atom stereocenters. The molecule has 0 saturated carbocycles. The van der Waals surface area contributed by atoms with Gasteiger partial charge >= 0.3 is 12.0 Å². The number of benzene rings is 2. The van der Waals surface area contributed by atoms with Gasteiger partial charge in [0.1, 0.15) is 11.3 Å². The topological polar surface area (TPSA) is 102 Å². The molecule has 4 amide bonds. The molecule has 2 aromatic rings. The zero-order chi connectivity index (χ0) is 23.4. The van der Waals surface area contributed by atoms with Gasteiger partial charge in [-0.05, 0) is 86.4 Å². The Balaban J connectivity index is 1.92. The van der Waals surface area contributed by atoms with E-state index in [1.165, 1.54) is 13.2 Å². The number of amides is 4. The Morgan fingerprint density at radius 3 is 2.47 bits per heavy atom. The first-order valence-corrected chi connectivity index (χ1v) is 11.3. The van der Waals surface area contributed by atoms with Crippen LogP contribution in [0.1, 0.15) is 18.1 Å². The van der Waals surface area contributed by atoms with E-state index in [1.807, 2.05) is 41.6 Å². The minimum absolute atomic E-state index is 0.185. The van der Waals surface area contributed by atoms with Crippen LogP contribution in [0.4, 0.5) is 10.5 Å². The molecule has 3 rings (SSSR count). The van der Waals surface area contributed by atoms with Gasteiger partial charge in [-0.2, -0.15) is 0 Å². The van der Waals surface area contributed by atoms with Crippen molar-refractivity contribution in [3.05, 3.63) is 61.1 Å². The summed E-state index contributed by atoms with van der Waals surface area (Å²) in [6.07, 6.45) is 2.21. The van der Waals surface area contributed by atoms with Crippen LogP contribution < -0.4 is 15.0 Å². The lowest BCUT2D eigenvalue weighted by atomic mass is 10.1. The number of anilines is 1. The molecule has 1 fully saturated rings. The Labute approximate surface area is 206 Å². The Morgan fingerprint density at radius 1 is 1.19 bits per heavy atom. The summed E-state index contributed by atoms with van der Waals surface area (Å²) >= 11 is 5.39. The molecular weight excluding hydrogens is 595 g/mol. The van der Waals surface area contributed by atoms with Crippen LogP contribution in [0.2, 0.25) is 0 Å². The number of carbonyl (C=O) groups is 4. The maximum Gasteiger partial charge on any atom is 0.343 e. The number of nitrogens with zero attached hydrogens (tertiary/aromatic N) is 1. The molecule has 8 nitrogen and oxygen atoms in total. The Bertz CT molecular complexity index is 1110. The van der Waals surface area contributed by atoms with E-state index in [4.69, 9.17) is 4.74 Å². The van der Waals surface area contributed by atoms with Crippen LogP contribution in [-0.4, -0.2) is 37.5 Å². The van der Waals surface area contributed by atoms with Gasteiger partial charge < -0.3 is 9.47 Å². The number of halogens is 2. The number of esters is 1. The van der Waals surface area contributed by atoms with Gasteiger partial charge in [0.05, 0.1) is 20.8 Å². The average Bonchev–Trinajstić information content (AvgIpc) is 2.76. The molecule has 10 heteroatoms. The third-order valence-corrected chi connectivity index (χ3v) is 5.99. The molecule has 1 heterocycles. The first kappa shape index (κ1) is 23.9. The predicted molar refractivity (Wildman–Crippen MR) is 129 cm³/mol. The van der Waals surface area contributed by atoms with E-state index in [1.54, 1.807) is 24.3 Å². The summed E-state index contributed by atoms with van der Waals surface area (Å²) in [5.74, 6) is -1.61. The second-order valence-corrected chi connectivity index (χ2v) is 8.67. The molecule has 0 spiro atoms. The smallest absolute Gasteiger partial charge is 0.343 e. The van der Waals surface area contributed by atoms with E-state index in [0.29, 0.717) is 25.0 Å². The molecule has 0 radical (unpaired) electrons. The van der Waals surface area contributed by atoms with E-state index < -0.39 is 23.8 Å². The van der Waals surface area contributed by atoms with E-state index >= 15 is 0 Å². The highest BCUT2D eigenvalue weighted by molar-refractivity contribution is 14.1. The van der Waals surface area contributed by atoms with Gasteiger partial charge in [-0.3, -0.25) is 14.9 Å². The SMILES string of the molecule is CCc1ccc(N2C(=O)NC(=O)/C(=C/c3cc(Br)c(OCC(=O)OC)c(I)c3)C2=O)cc1. The largest absolute Gasteiger partial charge is 0.480 e. The van der Waals surface area contributed by atoms with Crippen LogP contribution in [-0.2, 0) is 25.5 Å². The Kier molecular flexibility index (Phi) is 7.67. The zero-order valence-electron chi connectivity index (χ0n) is 17.1. The number of nitrogens with one attached hydrogen (secondary N) is 1. The van der Waals surface area contributed by atoms with Crippen molar-refractivity contribution in [3.8, 4) is 5.75 Å². The molecule has 1 saturated heterocycles. The van der Waals surface area contributed by atoms with Crippen molar-refractivity contribution < 1.29 is 28.7 Å². The van der Waals surface area contributed by atoms with Crippen LogP contribution >= 0.6 is 38.5 Å². The number of barbiturate groups is 1. The second-order valence-electron chi connectivity index (χ2n) is 6.66. The van der Waals surface area contributed by atoms with Crippen molar-refractivity contribution >= 4 is 74.1 Å². The van der Waals surface area contributed by atoms with Crippen molar-refractivity contribution in [2.24, 2.45) is 0 Å². The molecule has 0 unspecified atom stereocenters. The lowest BCUT2D eigenvalue weighted by molar-refractivity contribution is -0.143. The number of methoxy groups -OCH3 is 1. The van der Waals surface area contributed by atoms with Crippen LogP contribution in [0.15, 0.2) is 46.4 Å². The quantitative estimate of drug-likeness (QED) is 0.230. The molecule has 0 aromatic heterocycles. The van der Waals surface area contributed by atoms with Crippen LogP contribution in [0.5, 0.6) is 5.75 Å². The molecule has 0 aliphatic carbocycles. The lowest BCUT2D eigenvalue weighted by Gasteiger charge is -2.26. The number of imide groups is 2. The van der Waals surface area contributed by atoms with Crippen molar-refractivity contribution in [1.29, 1.82) is 0 Å². The van der Waals surface area contributed by atoms with E-state index in [-0.39, 0.29) is 12.2 Å². The minimum Gasteiger partial charge on any atom is -0.480 e. The first-order valence-electron chi connectivity index (χ1n) is 9.44. The van der Waals surface area contributed by atoms with Gasteiger partial charge in [-0.1, -0.05) is 19.1 Å². The van der Waals surface area contributed by atoms with E-state index in [9.17, 15) is 19.2 Å². The summed E-state index contributed by atoms with van der Waals surface area (Å²) in [7, 11) is 1.26. The molecular formula is C22H18BrIN2O6. The van der Waals surface area contributed by atoms with Gasteiger partial charge in [0.15, 0.2) is 6.61 Å². The monoisotopic (exact) mass is 612 g/mol. The van der Waals surface area contributed by atoms with Crippen molar-refractivity contribution in [2.45, 2.75) is 13.3 Å². The summed E-state index contributed by atoms with van der Waals surface area (Å²) in [6, 6.07) is 9.49. The predicted octanol–water partition coefficient (Wildman–Crippen LogP) is 3.83.